The molecule has 0 aliphatic rings. The molecule has 1 unspecified atom stereocenters. The molecule has 99 valence electrons. The van der Waals surface area contributed by atoms with E-state index in [0.29, 0.717) is 0 Å². The van der Waals surface area contributed by atoms with Crippen molar-refractivity contribution in [2.75, 3.05) is 0 Å². The van der Waals surface area contributed by atoms with Gasteiger partial charge in [-0.05, 0) is 22.8 Å². The Kier molecular flexibility index (Phi) is 3.61. The number of benzene rings is 2. The normalized spacial score (nSPS) is 12.2. The lowest BCUT2D eigenvalue weighted by Crippen LogP contribution is -2.10. The average Bonchev–Trinajstić information content (AvgIpc) is 3.03. The summed E-state index contributed by atoms with van der Waals surface area (Å²) in [5.74, 6) is 0. The van der Waals surface area contributed by atoms with Crippen molar-refractivity contribution in [1.82, 2.24) is 9.55 Å². The van der Waals surface area contributed by atoms with Crippen molar-refractivity contribution < 1.29 is 5.11 Å². The van der Waals surface area contributed by atoms with Gasteiger partial charge >= 0.3 is 0 Å². The van der Waals surface area contributed by atoms with Crippen LogP contribution in [0.2, 0.25) is 0 Å². The van der Waals surface area contributed by atoms with Gasteiger partial charge in [-0.1, -0.05) is 48.5 Å². The molecule has 0 amide bonds. The smallest absolute Gasteiger partial charge is 0.0954 e. The van der Waals surface area contributed by atoms with Crippen LogP contribution in [0.4, 0.5) is 0 Å². The molecule has 0 saturated heterocycles. The van der Waals surface area contributed by atoms with E-state index in [4.69, 9.17) is 0 Å². The Morgan fingerprint density at radius 3 is 2.70 bits per heavy atom. The van der Waals surface area contributed by atoms with Gasteiger partial charge in [0.05, 0.1) is 19.0 Å². The molecule has 1 aromatic heterocycles. The van der Waals surface area contributed by atoms with Crippen LogP contribution in [0.3, 0.4) is 0 Å². The van der Waals surface area contributed by atoms with Crippen LogP contribution in [-0.4, -0.2) is 14.7 Å². The third kappa shape index (κ3) is 2.49. The molecule has 0 bridgehead atoms. The molecular formula is C17H15N2O. The van der Waals surface area contributed by atoms with Gasteiger partial charge in [-0.3, -0.25) is 0 Å². The van der Waals surface area contributed by atoms with E-state index in [0.717, 1.165) is 11.1 Å². The van der Waals surface area contributed by atoms with Crippen LogP contribution in [0, 0.1) is 6.07 Å². The number of aromatic nitrogens is 2. The van der Waals surface area contributed by atoms with Gasteiger partial charge in [-0.25, -0.2) is 4.98 Å². The fraction of sp³-hybridized carbons (Fsp3) is 0.118. The summed E-state index contributed by atoms with van der Waals surface area (Å²) in [6.45, 7) is -0.000716. The van der Waals surface area contributed by atoms with Crippen LogP contribution < -0.4 is 0 Å². The number of rotatable bonds is 4. The number of aliphatic hydroxyl groups is 1. The number of nitrogens with zero attached hydrogens (tertiary/aromatic N) is 2. The second-order valence-electron chi connectivity index (χ2n) is 4.63. The van der Waals surface area contributed by atoms with Crippen molar-refractivity contribution >= 4 is 0 Å². The zero-order chi connectivity index (χ0) is 13.8. The highest BCUT2D eigenvalue weighted by atomic mass is 16.3. The van der Waals surface area contributed by atoms with Crippen molar-refractivity contribution in [3.63, 3.8) is 0 Å². The predicted molar refractivity (Wildman–Crippen MR) is 77.1 cm³/mol. The van der Waals surface area contributed by atoms with Gasteiger partial charge < -0.3 is 9.67 Å². The SMILES string of the molecule is OCc1[c]ccc(C(c2ccccc2)n2ccnc2)c1. The summed E-state index contributed by atoms with van der Waals surface area (Å²) in [5, 5.41) is 9.29. The second kappa shape index (κ2) is 5.72. The summed E-state index contributed by atoms with van der Waals surface area (Å²) >= 11 is 0. The largest absolute Gasteiger partial charge is 0.392 e. The summed E-state index contributed by atoms with van der Waals surface area (Å²) in [4.78, 5) is 4.14. The maximum atomic E-state index is 9.29. The van der Waals surface area contributed by atoms with Gasteiger partial charge in [-0.2, -0.15) is 0 Å². The number of imidazole rings is 1. The Morgan fingerprint density at radius 1 is 1.15 bits per heavy atom. The Bertz CT molecular complexity index is 662. The molecule has 0 fully saturated rings. The Labute approximate surface area is 118 Å². The maximum Gasteiger partial charge on any atom is 0.0954 e. The van der Waals surface area contributed by atoms with E-state index in [1.165, 1.54) is 5.56 Å². The van der Waals surface area contributed by atoms with Gasteiger partial charge in [0.25, 0.3) is 0 Å². The van der Waals surface area contributed by atoms with Gasteiger partial charge in [0.1, 0.15) is 0 Å². The monoisotopic (exact) mass is 263 g/mol. The predicted octanol–water partition coefficient (Wildman–Crippen LogP) is 2.81. The van der Waals surface area contributed by atoms with Gasteiger partial charge in [0.15, 0.2) is 0 Å². The van der Waals surface area contributed by atoms with Crippen molar-refractivity contribution in [2.45, 2.75) is 12.6 Å². The molecular weight excluding hydrogens is 248 g/mol. The lowest BCUT2D eigenvalue weighted by atomic mass is 9.97. The maximum absolute atomic E-state index is 9.29. The summed E-state index contributed by atoms with van der Waals surface area (Å²) < 4.78 is 2.06. The number of hydrogen-bond acceptors (Lipinski definition) is 2. The molecule has 1 radical (unpaired) electrons. The Morgan fingerprint density at radius 2 is 2.00 bits per heavy atom. The first-order chi connectivity index (χ1) is 9.88. The lowest BCUT2D eigenvalue weighted by Gasteiger charge is -2.20. The van der Waals surface area contributed by atoms with E-state index in [9.17, 15) is 5.11 Å². The molecule has 0 aliphatic heterocycles. The highest BCUT2D eigenvalue weighted by molar-refractivity contribution is 5.34. The summed E-state index contributed by atoms with van der Waals surface area (Å²) in [6.07, 6.45) is 5.54. The second-order valence-corrected chi connectivity index (χ2v) is 4.63. The van der Waals surface area contributed by atoms with Gasteiger partial charge in [0.2, 0.25) is 0 Å². The van der Waals surface area contributed by atoms with Gasteiger partial charge in [-0.15, -0.1) is 0 Å². The van der Waals surface area contributed by atoms with E-state index in [2.05, 4.69) is 27.8 Å². The Hall–Kier alpha value is -2.39. The third-order valence-electron chi connectivity index (χ3n) is 3.31. The molecule has 3 nitrogen and oxygen atoms in total. The quantitative estimate of drug-likeness (QED) is 0.786. The first kappa shape index (κ1) is 12.6. The minimum Gasteiger partial charge on any atom is -0.392 e. The first-order valence-electron chi connectivity index (χ1n) is 6.52. The van der Waals surface area contributed by atoms with Crippen LogP contribution in [0.25, 0.3) is 0 Å². The number of hydrogen-bond donors (Lipinski definition) is 1. The molecule has 3 aromatic rings. The lowest BCUT2D eigenvalue weighted by molar-refractivity contribution is 0.281. The molecule has 0 saturated carbocycles. The highest BCUT2D eigenvalue weighted by Gasteiger charge is 2.15. The van der Waals surface area contributed by atoms with Crippen LogP contribution in [0.5, 0.6) is 0 Å². The Balaban J connectivity index is 2.10. The molecule has 0 spiro atoms. The summed E-state index contributed by atoms with van der Waals surface area (Å²) in [6, 6.07) is 19.2. The van der Waals surface area contributed by atoms with Crippen LogP contribution in [0.15, 0.2) is 67.3 Å². The van der Waals surface area contributed by atoms with Gasteiger partial charge in [0, 0.05) is 12.4 Å². The minimum atomic E-state index is -0.000716. The zero-order valence-corrected chi connectivity index (χ0v) is 11.0. The third-order valence-corrected chi connectivity index (χ3v) is 3.31. The standard InChI is InChI=1S/C17H15N2O/c20-12-14-5-4-8-16(11-14)17(19-10-9-18-13-19)15-6-2-1-3-7-15/h1-4,6-11,13,17,20H,12H2. The minimum absolute atomic E-state index is 0.000716. The molecule has 1 atom stereocenters. The molecule has 20 heavy (non-hydrogen) atoms. The number of aliphatic hydroxyl groups excluding tert-OH is 1. The van der Waals surface area contributed by atoms with Crippen molar-refractivity contribution in [3.8, 4) is 0 Å². The van der Waals surface area contributed by atoms with E-state index in [1.807, 2.05) is 48.9 Å². The van der Waals surface area contributed by atoms with E-state index < -0.39 is 0 Å². The summed E-state index contributed by atoms with van der Waals surface area (Å²) in [7, 11) is 0. The van der Waals surface area contributed by atoms with Crippen molar-refractivity contribution in [3.05, 3.63) is 90.0 Å². The van der Waals surface area contributed by atoms with E-state index in [-0.39, 0.29) is 12.6 Å². The molecule has 3 rings (SSSR count). The fourth-order valence-electron chi connectivity index (χ4n) is 2.39. The van der Waals surface area contributed by atoms with E-state index in [1.54, 1.807) is 6.20 Å². The zero-order valence-electron chi connectivity index (χ0n) is 11.0. The van der Waals surface area contributed by atoms with Crippen LogP contribution >= 0.6 is 0 Å². The van der Waals surface area contributed by atoms with E-state index >= 15 is 0 Å². The molecule has 1 N–H and O–H groups in total. The van der Waals surface area contributed by atoms with Crippen molar-refractivity contribution in [1.29, 1.82) is 0 Å². The average molecular weight is 263 g/mol. The van der Waals surface area contributed by atoms with Crippen LogP contribution in [0.1, 0.15) is 22.7 Å². The molecule has 3 heteroatoms. The molecule has 0 aliphatic carbocycles. The first-order valence-corrected chi connectivity index (χ1v) is 6.52. The fourth-order valence-corrected chi connectivity index (χ4v) is 2.39. The van der Waals surface area contributed by atoms with Crippen molar-refractivity contribution in [2.24, 2.45) is 0 Å². The molecule has 2 aromatic carbocycles. The van der Waals surface area contributed by atoms with Crippen LogP contribution in [-0.2, 0) is 6.61 Å². The highest BCUT2D eigenvalue weighted by Crippen LogP contribution is 2.26. The molecule has 1 heterocycles. The topological polar surface area (TPSA) is 38.0 Å². The summed E-state index contributed by atoms with van der Waals surface area (Å²) in [5.41, 5.74) is 3.08.